The number of benzene rings is 1. The summed E-state index contributed by atoms with van der Waals surface area (Å²) in [7, 11) is 1.68. The van der Waals surface area contributed by atoms with Crippen molar-refractivity contribution in [2.75, 3.05) is 38.2 Å². The number of carbonyl (C=O) groups excluding carboxylic acids is 1. The molecule has 0 spiro atoms. The van der Waals surface area contributed by atoms with Crippen molar-refractivity contribution >= 4 is 22.6 Å². The van der Waals surface area contributed by atoms with Gasteiger partial charge in [-0.15, -0.1) is 0 Å². The molecule has 1 aromatic carbocycles. The molecule has 1 atom stereocenters. The topological polar surface area (TPSA) is 58.6 Å². The van der Waals surface area contributed by atoms with E-state index in [1.54, 1.807) is 7.11 Å². The highest BCUT2D eigenvalue weighted by atomic mass is 32.1. The summed E-state index contributed by atoms with van der Waals surface area (Å²) in [6.07, 6.45) is 4.97. The number of nitrogens with zero attached hydrogens (tertiary/aromatic N) is 4. The van der Waals surface area contributed by atoms with Crippen LogP contribution < -0.4 is 9.64 Å². The van der Waals surface area contributed by atoms with Crippen molar-refractivity contribution in [1.29, 1.82) is 0 Å². The largest absolute Gasteiger partial charge is 0.497 e. The Labute approximate surface area is 177 Å². The van der Waals surface area contributed by atoms with Crippen molar-refractivity contribution in [3.8, 4) is 5.75 Å². The summed E-state index contributed by atoms with van der Waals surface area (Å²) in [4.78, 5) is 22.1. The number of likely N-dealkylation sites (tertiary alicyclic amines) is 1. The molecule has 1 aromatic heterocycles. The minimum Gasteiger partial charge on any atom is -0.497 e. The van der Waals surface area contributed by atoms with Gasteiger partial charge in [-0.25, -0.2) is 4.98 Å². The van der Waals surface area contributed by atoms with Crippen molar-refractivity contribution in [3.05, 3.63) is 35.7 Å². The average Bonchev–Trinajstić information content (AvgIpc) is 3.22. The number of rotatable bonds is 5. The zero-order valence-electron chi connectivity index (χ0n) is 17.3. The fourth-order valence-corrected chi connectivity index (χ4v) is 4.97. The Morgan fingerprint density at radius 2 is 2.07 bits per heavy atom. The van der Waals surface area contributed by atoms with Crippen LogP contribution >= 0.6 is 11.5 Å². The number of hydrogen-bond donors (Lipinski definition) is 0. The monoisotopic (exact) mass is 414 g/mol. The smallest absolute Gasteiger partial charge is 0.227 e. The van der Waals surface area contributed by atoms with Gasteiger partial charge < -0.3 is 14.5 Å². The van der Waals surface area contributed by atoms with Gasteiger partial charge in [-0.1, -0.05) is 19.1 Å². The van der Waals surface area contributed by atoms with Crippen molar-refractivity contribution in [3.63, 3.8) is 0 Å². The van der Waals surface area contributed by atoms with Gasteiger partial charge in [0.15, 0.2) is 0 Å². The first kappa shape index (κ1) is 20.1. The lowest BCUT2D eigenvalue weighted by Crippen LogP contribution is -2.47. The summed E-state index contributed by atoms with van der Waals surface area (Å²) < 4.78 is 9.86. The third-order valence-corrected chi connectivity index (χ3v) is 6.91. The van der Waals surface area contributed by atoms with Crippen LogP contribution in [0.3, 0.4) is 0 Å². The van der Waals surface area contributed by atoms with Crippen molar-refractivity contribution in [2.45, 2.75) is 39.0 Å². The molecule has 0 saturated carbocycles. The van der Waals surface area contributed by atoms with Crippen LogP contribution in [0.2, 0.25) is 0 Å². The molecule has 3 heterocycles. The maximum absolute atomic E-state index is 13.0. The second-order valence-electron chi connectivity index (χ2n) is 8.31. The van der Waals surface area contributed by atoms with Gasteiger partial charge in [-0.2, -0.15) is 4.37 Å². The van der Waals surface area contributed by atoms with Gasteiger partial charge in [0, 0.05) is 44.1 Å². The molecule has 6 nitrogen and oxygen atoms in total. The van der Waals surface area contributed by atoms with Crippen molar-refractivity contribution in [2.24, 2.45) is 11.8 Å². The van der Waals surface area contributed by atoms with Crippen LogP contribution in [-0.2, 0) is 11.2 Å². The average molecular weight is 415 g/mol. The number of aromatic nitrogens is 2. The fourth-order valence-electron chi connectivity index (χ4n) is 4.25. The van der Waals surface area contributed by atoms with Gasteiger partial charge in [0.2, 0.25) is 11.0 Å². The molecule has 2 aromatic rings. The van der Waals surface area contributed by atoms with E-state index in [1.807, 2.05) is 18.2 Å². The van der Waals surface area contributed by atoms with Crippen LogP contribution in [0.15, 0.2) is 24.3 Å². The first-order chi connectivity index (χ1) is 14.1. The molecule has 4 rings (SSSR count). The lowest BCUT2D eigenvalue weighted by molar-refractivity contribution is -0.137. The molecule has 2 saturated heterocycles. The Hall–Kier alpha value is -2.15. The van der Waals surface area contributed by atoms with Gasteiger partial charge in [0.05, 0.1) is 13.0 Å². The van der Waals surface area contributed by atoms with Crippen LogP contribution in [0.1, 0.15) is 44.0 Å². The Kier molecular flexibility index (Phi) is 6.33. The van der Waals surface area contributed by atoms with E-state index in [2.05, 4.69) is 27.2 Å². The first-order valence-electron chi connectivity index (χ1n) is 10.6. The van der Waals surface area contributed by atoms with Crippen LogP contribution in [0.25, 0.3) is 0 Å². The highest BCUT2D eigenvalue weighted by Gasteiger charge is 2.31. The molecule has 2 aliphatic rings. The first-order valence-corrected chi connectivity index (χ1v) is 11.4. The Morgan fingerprint density at radius 3 is 2.86 bits per heavy atom. The van der Waals surface area contributed by atoms with Gasteiger partial charge in [0.1, 0.15) is 11.6 Å². The van der Waals surface area contributed by atoms with Gasteiger partial charge in [-0.3, -0.25) is 4.79 Å². The standard InChI is InChI=1S/C22H30N4O2S/c1-16-8-11-25(12-9-16)21(27)18-6-4-10-26(15-18)22-23-20(24-29-22)14-17-5-3-7-19(13-17)28-2/h3,5,7,13,16,18H,4,6,8-12,14-15H2,1-2H3. The summed E-state index contributed by atoms with van der Waals surface area (Å²) >= 11 is 1.44. The summed E-state index contributed by atoms with van der Waals surface area (Å²) in [5.41, 5.74) is 1.14. The molecule has 1 unspecified atom stereocenters. The second-order valence-corrected chi connectivity index (χ2v) is 9.04. The predicted molar refractivity (Wildman–Crippen MR) is 116 cm³/mol. The SMILES string of the molecule is COc1cccc(Cc2nsc(N3CCCC(C(=O)N4CCC(C)CC4)C3)n2)c1. The zero-order valence-corrected chi connectivity index (χ0v) is 18.2. The number of anilines is 1. The van der Waals surface area contributed by atoms with Gasteiger partial charge in [-0.05, 0) is 49.3 Å². The summed E-state index contributed by atoms with van der Waals surface area (Å²) in [6, 6.07) is 8.02. The molecule has 0 bridgehead atoms. The van der Waals surface area contributed by atoms with E-state index < -0.39 is 0 Å². The fraction of sp³-hybridized carbons (Fsp3) is 0.591. The number of hydrogen-bond acceptors (Lipinski definition) is 6. The normalized spacial score (nSPS) is 20.7. The van der Waals surface area contributed by atoms with Gasteiger partial charge >= 0.3 is 0 Å². The molecular weight excluding hydrogens is 384 g/mol. The van der Waals surface area contributed by atoms with E-state index in [0.29, 0.717) is 12.3 Å². The molecule has 7 heteroatoms. The summed E-state index contributed by atoms with van der Waals surface area (Å²) in [5, 5.41) is 0.938. The van der Waals surface area contributed by atoms with E-state index in [-0.39, 0.29) is 5.92 Å². The third kappa shape index (κ3) is 4.89. The molecule has 0 radical (unpaired) electrons. The molecule has 29 heavy (non-hydrogen) atoms. The lowest BCUT2D eigenvalue weighted by Gasteiger charge is -2.37. The number of carbonyl (C=O) groups is 1. The van der Waals surface area contributed by atoms with Crippen LogP contribution in [0.5, 0.6) is 5.75 Å². The van der Waals surface area contributed by atoms with E-state index >= 15 is 0 Å². The van der Waals surface area contributed by atoms with Crippen molar-refractivity contribution < 1.29 is 9.53 Å². The Bertz CT molecular complexity index is 832. The van der Waals surface area contributed by atoms with E-state index in [4.69, 9.17) is 9.72 Å². The summed E-state index contributed by atoms with van der Waals surface area (Å²) in [5.74, 6) is 2.84. The zero-order chi connectivity index (χ0) is 20.2. The van der Waals surface area contributed by atoms with Crippen molar-refractivity contribution in [1.82, 2.24) is 14.3 Å². The van der Waals surface area contributed by atoms with E-state index in [0.717, 1.165) is 80.0 Å². The van der Waals surface area contributed by atoms with Crippen LogP contribution in [-0.4, -0.2) is 53.5 Å². The number of ether oxygens (including phenoxy) is 1. The Morgan fingerprint density at radius 1 is 1.24 bits per heavy atom. The highest BCUT2D eigenvalue weighted by Crippen LogP contribution is 2.28. The maximum Gasteiger partial charge on any atom is 0.227 e. The minimum absolute atomic E-state index is 0.0860. The van der Waals surface area contributed by atoms with Crippen LogP contribution in [0, 0.1) is 11.8 Å². The molecule has 156 valence electrons. The van der Waals surface area contributed by atoms with E-state index in [9.17, 15) is 4.79 Å². The predicted octanol–water partition coefficient (Wildman–Crippen LogP) is 3.61. The molecule has 0 N–H and O–H groups in total. The molecule has 2 aliphatic heterocycles. The molecule has 1 amide bonds. The quantitative estimate of drug-likeness (QED) is 0.748. The van der Waals surface area contributed by atoms with Crippen LogP contribution in [0.4, 0.5) is 5.13 Å². The minimum atomic E-state index is 0.0860. The van der Waals surface area contributed by atoms with E-state index in [1.165, 1.54) is 11.5 Å². The maximum atomic E-state index is 13.0. The molecular formula is C22H30N4O2S. The highest BCUT2D eigenvalue weighted by molar-refractivity contribution is 7.09. The third-order valence-electron chi connectivity index (χ3n) is 6.09. The lowest BCUT2D eigenvalue weighted by atomic mass is 9.94. The van der Waals surface area contributed by atoms with Gasteiger partial charge in [0.25, 0.3) is 0 Å². The second kappa shape index (κ2) is 9.11. The molecule has 0 aliphatic carbocycles. The summed E-state index contributed by atoms with van der Waals surface area (Å²) in [6.45, 7) is 5.83. The number of amides is 1. The number of piperidine rings is 2. The number of methoxy groups -OCH3 is 1. The Balaban J connectivity index is 1.38. The molecule has 2 fully saturated rings.